The van der Waals surface area contributed by atoms with Gasteiger partial charge in [-0.1, -0.05) is 28.9 Å². The third-order valence-corrected chi connectivity index (χ3v) is 6.05. The molecule has 6 nitrogen and oxygen atoms in total. The molecule has 31 heavy (non-hydrogen) atoms. The number of pyridine rings is 1. The number of aryl methyl sites for hydroxylation is 1. The highest BCUT2D eigenvalue weighted by molar-refractivity contribution is 6.33. The summed E-state index contributed by atoms with van der Waals surface area (Å²) in [6.07, 6.45) is 4.89. The minimum Gasteiger partial charge on any atom is -0.369 e. The van der Waals surface area contributed by atoms with Crippen molar-refractivity contribution in [1.82, 2.24) is 14.7 Å². The maximum atomic E-state index is 15.0. The van der Waals surface area contributed by atoms with Crippen LogP contribution in [0.4, 0.5) is 10.1 Å². The molecule has 5 rings (SSSR count). The van der Waals surface area contributed by atoms with E-state index in [0.29, 0.717) is 21.8 Å². The molecule has 0 spiro atoms. The lowest BCUT2D eigenvalue weighted by molar-refractivity contribution is 0.432. The Bertz CT molecular complexity index is 1340. The lowest BCUT2D eigenvalue weighted by atomic mass is 10.1. The summed E-state index contributed by atoms with van der Waals surface area (Å²) in [4.78, 5) is 19.6. The molecule has 1 saturated heterocycles. The van der Waals surface area contributed by atoms with Gasteiger partial charge in [-0.05, 0) is 43.5 Å². The van der Waals surface area contributed by atoms with Crippen molar-refractivity contribution in [2.75, 3.05) is 18.0 Å². The van der Waals surface area contributed by atoms with Crippen molar-refractivity contribution in [2.24, 2.45) is 7.05 Å². The van der Waals surface area contributed by atoms with Crippen molar-refractivity contribution in [3.8, 4) is 22.8 Å². The Kier molecular flexibility index (Phi) is 4.98. The van der Waals surface area contributed by atoms with Crippen LogP contribution in [-0.4, -0.2) is 27.8 Å². The molecule has 8 heteroatoms. The Morgan fingerprint density at radius 3 is 2.65 bits per heavy atom. The van der Waals surface area contributed by atoms with Crippen molar-refractivity contribution < 1.29 is 8.91 Å². The second-order valence-corrected chi connectivity index (χ2v) is 8.16. The standard InChI is InChI=1S/C23H20ClFN4O2/c1-28-13-16(23-26-22(27-31-23)14-7-3-4-8-17(14)24)21(30)15-11-18(25)20(12-19(15)28)29-9-5-2-6-10-29/h3-4,7-8,11-13H,2,5-6,9-10H2,1H3. The van der Waals surface area contributed by atoms with Crippen molar-refractivity contribution in [2.45, 2.75) is 19.3 Å². The lowest BCUT2D eigenvalue weighted by Gasteiger charge is -2.29. The summed E-state index contributed by atoms with van der Waals surface area (Å²) >= 11 is 6.21. The average Bonchev–Trinajstić information content (AvgIpc) is 3.26. The van der Waals surface area contributed by atoms with Crippen LogP contribution in [0.5, 0.6) is 0 Å². The fourth-order valence-electron chi connectivity index (χ4n) is 4.11. The second-order valence-electron chi connectivity index (χ2n) is 7.75. The summed E-state index contributed by atoms with van der Waals surface area (Å²) < 4.78 is 22.1. The Morgan fingerprint density at radius 1 is 1.10 bits per heavy atom. The number of piperidine rings is 1. The van der Waals surface area contributed by atoms with E-state index in [1.54, 1.807) is 35.0 Å². The molecule has 4 aromatic rings. The van der Waals surface area contributed by atoms with Gasteiger partial charge in [0.1, 0.15) is 11.4 Å². The number of aromatic nitrogens is 3. The molecule has 0 bridgehead atoms. The number of hydrogen-bond donors (Lipinski definition) is 0. The smallest absolute Gasteiger partial charge is 0.263 e. The average molecular weight is 439 g/mol. The predicted octanol–water partition coefficient (Wildman–Crippen LogP) is 5.04. The van der Waals surface area contributed by atoms with E-state index in [-0.39, 0.29) is 28.1 Å². The summed E-state index contributed by atoms with van der Waals surface area (Å²) in [6, 6.07) is 10.2. The van der Waals surface area contributed by atoms with Gasteiger partial charge in [0.15, 0.2) is 0 Å². The minimum atomic E-state index is -0.397. The van der Waals surface area contributed by atoms with Crippen LogP contribution < -0.4 is 10.3 Å². The molecule has 0 amide bonds. The van der Waals surface area contributed by atoms with Crippen molar-refractivity contribution in [3.05, 3.63) is 63.7 Å². The number of nitrogens with zero attached hydrogens (tertiary/aromatic N) is 4. The zero-order valence-corrected chi connectivity index (χ0v) is 17.7. The Morgan fingerprint density at radius 2 is 1.87 bits per heavy atom. The molecule has 0 saturated carbocycles. The summed E-state index contributed by atoms with van der Waals surface area (Å²) in [7, 11) is 1.81. The van der Waals surface area contributed by atoms with E-state index in [1.165, 1.54) is 6.07 Å². The van der Waals surface area contributed by atoms with E-state index in [0.717, 1.165) is 32.4 Å². The van der Waals surface area contributed by atoms with E-state index in [2.05, 4.69) is 10.1 Å². The van der Waals surface area contributed by atoms with Crippen LogP contribution in [0.25, 0.3) is 33.7 Å². The Balaban J connectivity index is 1.61. The SMILES string of the molecule is Cn1cc(-c2nc(-c3ccccc3Cl)no2)c(=O)c2cc(F)c(N3CCCCC3)cc21. The zero-order chi connectivity index (χ0) is 21.5. The molecule has 0 aliphatic carbocycles. The van der Waals surface area contributed by atoms with E-state index >= 15 is 0 Å². The number of anilines is 1. The van der Waals surface area contributed by atoms with Gasteiger partial charge in [0.25, 0.3) is 5.89 Å². The highest BCUT2D eigenvalue weighted by Gasteiger charge is 2.21. The summed E-state index contributed by atoms with van der Waals surface area (Å²) in [5.74, 6) is -0.0433. The molecule has 1 fully saturated rings. The van der Waals surface area contributed by atoms with Gasteiger partial charge >= 0.3 is 0 Å². The molecule has 3 heterocycles. The fourth-order valence-corrected chi connectivity index (χ4v) is 4.33. The molecule has 0 unspecified atom stereocenters. The normalized spacial score (nSPS) is 14.4. The van der Waals surface area contributed by atoms with Crippen LogP contribution in [0.3, 0.4) is 0 Å². The minimum absolute atomic E-state index is 0.0675. The first kappa shape index (κ1) is 19.8. The summed E-state index contributed by atoms with van der Waals surface area (Å²) in [5.41, 5.74) is 1.65. The lowest BCUT2D eigenvalue weighted by Crippen LogP contribution is -2.30. The Hall–Kier alpha value is -3.19. The van der Waals surface area contributed by atoms with E-state index in [4.69, 9.17) is 16.1 Å². The van der Waals surface area contributed by atoms with E-state index in [1.807, 2.05) is 18.0 Å². The van der Waals surface area contributed by atoms with Crippen LogP contribution in [0.2, 0.25) is 5.02 Å². The number of halogens is 2. The predicted molar refractivity (Wildman–Crippen MR) is 119 cm³/mol. The summed E-state index contributed by atoms with van der Waals surface area (Å²) in [6.45, 7) is 1.64. The van der Waals surface area contributed by atoms with E-state index in [9.17, 15) is 9.18 Å². The van der Waals surface area contributed by atoms with Crippen LogP contribution in [0, 0.1) is 5.82 Å². The van der Waals surface area contributed by atoms with Gasteiger partial charge in [-0.25, -0.2) is 4.39 Å². The quantitative estimate of drug-likeness (QED) is 0.448. The number of benzene rings is 2. The first-order chi connectivity index (χ1) is 15.0. The zero-order valence-electron chi connectivity index (χ0n) is 16.9. The van der Waals surface area contributed by atoms with Crippen LogP contribution >= 0.6 is 11.6 Å². The number of rotatable bonds is 3. The van der Waals surface area contributed by atoms with Gasteiger partial charge in [0, 0.05) is 37.3 Å². The fraction of sp³-hybridized carbons (Fsp3) is 0.261. The van der Waals surface area contributed by atoms with Crippen LogP contribution in [0.15, 0.2) is 51.9 Å². The highest BCUT2D eigenvalue weighted by Crippen LogP contribution is 2.30. The molecular weight excluding hydrogens is 419 g/mol. The van der Waals surface area contributed by atoms with Gasteiger partial charge in [0.05, 0.1) is 16.2 Å². The molecule has 158 valence electrons. The molecule has 2 aromatic heterocycles. The molecule has 1 aliphatic rings. The monoisotopic (exact) mass is 438 g/mol. The topological polar surface area (TPSA) is 64.2 Å². The second kappa shape index (κ2) is 7.81. The van der Waals surface area contributed by atoms with Crippen LogP contribution in [0.1, 0.15) is 19.3 Å². The van der Waals surface area contributed by atoms with E-state index < -0.39 is 5.82 Å². The van der Waals surface area contributed by atoms with Gasteiger partial charge in [-0.3, -0.25) is 4.79 Å². The van der Waals surface area contributed by atoms with Gasteiger partial charge in [-0.2, -0.15) is 4.98 Å². The third-order valence-electron chi connectivity index (χ3n) is 5.73. The highest BCUT2D eigenvalue weighted by atomic mass is 35.5. The molecule has 2 aromatic carbocycles. The largest absolute Gasteiger partial charge is 0.369 e. The maximum absolute atomic E-state index is 15.0. The molecule has 1 aliphatic heterocycles. The first-order valence-corrected chi connectivity index (χ1v) is 10.6. The molecule has 0 atom stereocenters. The maximum Gasteiger partial charge on any atom is 0.263 e. The molecular formula is C23H20ClFN4O2. The van der Waals surface area contributed by atoms with Gasteiger partial charge in [-0.15, -0.1) is 0 Å². The summed E-state index contributed by atoms with van der Waals surface area (Å²) in [5, 5.41) is 4.72. The first-order valence-electron chi connectivity index (χ1n) is 10.2. The molecule has 0 N–H and O–H groups in total. The number of hydrogen-bond acceptors (Lipinski definition) is 5. The Labute approximate surface area is 182 Å². The van der Waals surface area contributed by atoms with Crippen LogP contribution in [-0.2, 0) is 7.05 Å². The van der Waals surface area contributed by atoms with Crippen molar-refractivity contribution in [1.29, 1.82) is 0 Å². The third kappa shape index (κ3) is 3.49. The number of fused-ring (bicyclic) bond motifs is 1. The van der Waals surface area contributed by atoms with Crippen molar-refractivity contribution >= 4 is 28.2 Å². The van der Waals surface area contributed by atoms with Gasteiger partial charge in [0.2, 0.25) is 11.3 Å². The molecule has 0 radical (unpaired) electrons. The van der Waals surface area contributed by atoms with Crippen molar-refractivity contribution in [3.63, 3.8) is 0 Å². The van der Waals surface area contributed by atoms with Gasteiger partial charge < -0.3 is 14.0 Å².